The van der Waals surface area contributed by atoms with Gasteiger partial charge in [0.05, 0.1) is 12.5 Å². The van der Waals surface area contributed by atoms with E-state index < -0.39 is 0 Å². The number of likely N-dealkylation sites (tertiary alicyclic amines) is 1. The summed E-state index contributed by atoms with van der Waals surface area (Å²) in [6.45, 7) is 5.00. The van der Waals surface area contributed by atoms with Crippen LogP contribution >= 0.6 is 0 Å². The summed E-state index contributed by atoms with van der Waals surface area (Å²) in [5.74, 6) is 1.78. The van der Waals surface area contributed by atoms with Crippen LogP contribution in [0, 0.1) is 11.8 Å². The van der Waals surface area contributed by atoms with Gasteiger partial charge in [0.2, 0.25) is 0 Å². The van der Waals surface area contributed by atoms with Crippen LogP contribution in [0.3, 0.4) is 0 Å². The van der Waals surface area contributed by atoms with E-state index in [-0.39, 0.29) is 11.9 Å². The molecule has 5 nitrogen and oxygen atoms in total. The molecule has 1 aliphatic carbocycles. The van der Waals surface area contributed by atoms with E-state index in [9.17, 15) is 4.79 Å². The fraction of sp³-hybridized carbons (Fsp3) is 0.867. The molecule has 1 N–H and O–H groups in total. The van der Waals surface area contributed by atoms with Crippen LogP contribution in [0.2, 0.25) is 0 Å². The number of esters is 1. The van der Waals surface area contributed by atoms with Crippen LogP contribution in [-0.4, -0.2) is 50.1 Å². The average Bonchev–Trinajstić information content (AvgIpc) is 3.28. The summed E-state index contributed by atoms with van der Waals surface area (Å²) in [5, 5.41) is 3.43. The van der Waals surface area contributed by atoms with Crippen LogP contribution in [0.25, 0.3) is 0 Å². The third-order valence-electron chi connectivity index (χ3n) is 4.09. The molecule has 1 atom stereocenters. The van der Waals surface area contributed by atoms with Crippen molar-refractivity contribution in [3.63, 3.8) is 0 Å². The molecule has 0 amide bonds. The second-order valence-electron chi connectivity index (χ2n) is 5.74. The molecule has 0 spiro atoms. The summed E-state index contributed by atoms with van der Waals surface area (Å²) in [5.41, 5.74) is 0. The molecular formula is C15H27N3O2. The van der Waals surface area contributed by atoms with E-state index in [1.165, 1.54) is 19.3 Å². The summed E-state index contributed by atoms with van der Waals surface area (Å²) in [7, 11) is 1.81. The Morgan fingerprint density at radius 2 is 2.20 bits per heavy atom. The van der Waals surface area contributed by atoms with Crippen molar-refractivity contribution in [2.24, 2.45) is 16.8 Å². The standard InChI is InChI=1S/C15H27N3O2/c1-3-20-14(19)13-5-4-10-18(11-13)15(16-2)17-9-8-12-6-7-12/h12-13H,3-11H2,1-2H3,(H,16,17). The molecule has 0 aromatic carbocycles. The number of hydrogen-bond acceptors (Lipinski definition) is 3. The van der Waals surface area contributed by atoms with E-state index in [4.69, 9.17) is 4.74 Å². The highest BCUT2D eigenvalue weighted by atomic mass is 16.5. The third-order valence-corrected chi connectivity index (χ3v) is 4.09. The van der Waals surface area contributed by atoms with E-state index in [0.29, 0.717) is 6.61 Å². The van der Waals surface area contributed by atoms with Crippen molar-refractivity contribution < 1.29 is 9.53 Å². The third kappa shape index (κ3) is 4.39. The van der Waals surface area contributed by atoms with Gasteiger partial charge in [0.15, 0.2) is 5.96 Å². The Morgan fingerprint density at radius 1 is 1.40 bits per heavy atom. The van der Waals surface area contributed by atoms with Crippen molar-refractivity contribution in [2.75, 3.05) is 33.3 Å². The summed E-state index contributed by atoms with van der Waals surface area (Å²) in [6, 6.07) is 0. The summed E-state index contributed by atoms with van der Waals surface area (Å²) < 4.78 is 5.14. The quantitative estimate of drug-likeness (QED) is 0.473. The van der Waals surface area contributed by atoms with Crippen LogP contribution in [0.1, 0.15) is 39.0 Å². The molecule has 2 aliphatic rings. The lowest BCUT2D eigenvalue weighted by molar-refractivity contribution is -0.149. The zero-order chi connectivity index (χ0) is 14.4. The van der Waals surface area contributed by atoms with Gasteiger partial charge in [-0.1, -0.05) is 12.8 Å². The molecule has 1 saturated heterocycles. The van der Waals surface area contributed by atoms with Gasteiger partial charge in [-0.15, -0.1) is 0 Å². The minimum Gasteiger partial charge on any atom is -0.466 e. The summed E-state index contributed by atoms with van der Waals surface area (Å²) >= 11 is 0. The van der Waals surface area contributed by atoms with Crippen molar-refractivity contribution in [3.05, 3.63) is 0 Å². The summed E-state index contributed by atoms with van der Waals surface area (Å²) in [6.07, 6.45) is 5.94. The highest BCUT2D eigenvalue weighted by Gasteiger charge is 2.28. The zero-order valence-corrected chi connectivity index (χ0v) is 12.7. The lowest BCUT2D eigenvalue weighted by Gasteiger charge is -2.34. The first kappa shape index (κ1) is 15.1. The van der Waals surface area contributed by atoms with E-state index in [2.05, 4.69) is 15.2 Å². The largest absolute Gasteiger partial charge is 0.466 e. The van der Waals surface area contributed by atoms with Crippen molar-refractivity contribution in [1.29, 1.82) is 0 Å². The molecular weight excluding hydrogens is 254 g/mol. The normalized spacial score (nSPS) is 23.6. The number of nitrogens with zero attached hydrogens (tertiary/aromatic N) is 2. The minimum absolute atomic E-state index is 0.00863. The Hall–Kier alpha value is -1.26. The van der Waals surface area contributed by atoms with Crippen LogP contribution < -0.4 is 5.32 Å². The molecule has 0 radical (unpaired) electrons. The van der Waals surface area contributed by atoms with Gasteiger partial charge in [-0.3, -0.25) is 9.79 Å². The van der Waals surface area contributed by atoms with Gasteiger partial charge in [-0.2, -0.15) is 0 Å². The van der Waals surface area contributed by atoms with Crippen molar-refractivity contribution in [2.45, 2.75) is 39.0 Å². The molecule has 1 aliphatic heterocycles. The first-order valence-corrected chi connectivity index (χ1v) is 7.86. The first-order valence-electron chi connectivity index (χ1n) is 7.86. The van der Waals surface area contributed by atoms with E-state index in [0.717, 1.165) is 44.4 Å². The zero-order valence-electron chi connectivity index (χ0n) is 12.7. The SMILES string of the molecule is CCOC(=O)C1CCCN(C(=NC)NCCC2CC2)C1. The van der Waals surface area contributed by atoms with Gasteiger partial charge in [0.1, 0.15) is 0 Å². The molecule has 20 heavy (non-hydrogen) atoms. The van der Waals surface area contributed by atoms with Gasteiger partial charge >= 0.3 is 5.97 Å². The number of carbonyl (C=O) groups excluding carboxylic acids is 1. The number of guanidine groups is 1. The van der Waals surface area contributed by atoms with Crippen LogP contribution in [0.5, 0.6) is 0 Å². The van der Waals surface area contributed by atoms with Crippen molar-refractivity contribution >= 4 is 11.9 Å². The number of hydrogen-bond donors (Lipinski definition) is 1. The van der Waals surface area contributed by atoms with Crippen molar-refractivity contribution in [1.82, 2.24) is 10.2 Å². The second kappa shape index (κ2) is 7.50. The Labute approximate surface area is 121 Å². The molecule has 0 aromatic rings. The van der Waals surface area contributed by atoms with E-state index in [1.54, 1.807) is 0 Å². The van der Waals surface area contributed by atoms with Crippen molar-refractivity contribution in [3.8, 4) is 0 Å². The van der Waals surface area contributed by atoms with Crippen LogP contribution in [0.15, 0.2) is 4.99 Å². The number of piperidine rings is 1. The predicted octanol–water partition coefficient (Wildman–Crippen LogP) is 1.64. The van der Waals surface area contributed by atoms with Gasteiger partial charge < -0.3 is 15.0 Å². The molecule has 114 valence electrons. The molecule has 1 saturated carbocycles. The van der Waals surface area contributed by atoms with Crippen LogP contribution in [0.4, 0.5) is 0 Å². The lowest BCUT2D eigenvalue weighted by atomic mass is 9.98. The minimum atomic E-state index is -0.0642. The molecule has 5 heteroatoms. The average molecular weight is 281 g/mol. The Kier molecular flexibility index (Phi) is 5.68. The Bertz CT molecular complexity index is 353. The second-order valence-corrected chi connectivity index (χ2v) is 5.74. The maximum Gasteiger partial charge on any atom is 0.310 e. The number of ether oxygens (including phenoxy) is 1. The Morgan fingerprint density at radius 3 is 2.85 bits per heavy atom. The molecule has 0 aromatic heterocycles. The number of aliphatic imine (C=N–C) groups is 1. The fourth-order valence-corrected chi connectivity index (χ4v) is 2.75. The summed E-state index contributed by atoms with van der Waals surface area (Å²) in [4.78, 5) is 18.4. The highest BCUT2D eigenvalue weighted by molar-refractivity contribution is 5.81. The van der Waals surface area contributed by atoms with E-state index in [1.807, 2.05) is 14.0 Å². The van der Waals surface area contributed by atoms with Gasteiger partial charge in [0, 0.05) is 26.7 Å². The van der Waals surface area contributed by atoms with Gasteiger partial charge in [0.25, 0.3) is 0 Å². The molecule has 1 unspecified atom stereocenters. The molecule has 0 bridgehead atoms. The predicted molar refractivity (Wildman–Crippen MR) is 79.6 cm³/mol. The van der Waals surface area contributed by atoms with Gasteiger partial charge in [-0.25, -0.2) is 0 Å². The smallest absolute Gasteiger partial charge is 0.310 e. The molecule has 1 heterocycles. The number of nitrogens with one attached hydrogen (secondary N) is 1. The lowest BCUT2D eigenvalue weighted by Crippen LogP contribution is -2.48. The molecule has 2 fully saturated rings. The number of rotatable bonds is 5. The number of carbonyl (C=O) groups is 1. The maximum absolute atomic E-state index is 11.9. The highest BCUT2D eigenvalue weighted by Crippen LogP contribution is 2.31. The van der Waals surface area contributed by atoms with E-state index >= 15 is 0 Å². The first-order chi connectivity index (χ1) is 9.74. The fourth-order valence-electron chi connectivity index (χ4n) is 2.75. The Balaban J connectivity index is 1.80. The maximum atomic E-state index is 11.9. The molecule has 2 rings (SSSR count). The van der Waals surface area contributed by atoms with Crippen LogP contribution in [-0.2, 0) is 9.53 Å². The van der Waals surface area contributed by atoms with Gasteiger partial charge in [-0.05, 0) is 32.1 Å². The topological polar surface area (TPSA) is 53.9 Å². The monoisotopic (exact) mass is 281 g/mol.